The van der Waals surface area contributed by atoms with Gasteiger partial charge in [0, 0.05) is 5.56 Å². The number of hydrazone groups is 1. The number of furan rings is 1. The molecule has 5 rings (SSSR count). The smallest absolute Gasteiger partial charge is 0.283 e. The summed E-state index contributed by atoms with van der Waals surface area (Å²) < 4.78 is 24.7. The van der Waals surface area contributed by atoms with Gasteiger partial charge in [0.2, 0.25) is 5.17 Å². The Balaban J connectivity index is 1.32. The number of hydrogen-bond acceptors (Lipinski definition) is 6. The highest BCUT2D eigenvalue weighted by molar-refractivity contribution is 8.27. The fourth-order valence-corrected chi connectivity index (χ4v) is 3.95. The van der Waals surface area contributed by atoms with E-state index < -0.39 is 5.91 Å². The van der Waals surface area contributed by atoms with Gasteiger partial charge in [-0.3, -0.25) is 10.2 Å². The minimum Gasteiger partial charge on any atom is -0.489 e. The topological polar surface area (TPSA) is 91.2 Å². The van der Waals surface area contributed by atoms with E-state index in [1.54, 1.807) is 60.7 Å². The van der Waals surface area contributed by atoms with E-state index in [9.17, 15) is 9.18 Å². The van der Waals surface area contributed by atoms with Crippen molar-refractivity contribution in [3.05, 3.63) is 95.2 Å². The Bertz CT molecular complexity index is 1300. The number of carbonyl (C=O) groups is 1. The Morgan fingerprint density at radius 1 is 1.12 bits per heavy atom. The molecule has 2 aliphatic rings. The van der Waals surface area contributed by atoms with Gasteiger partial charge in [-0.1, -0.05) is 30.3 Å². The van der Waals surface area contributed by atoms with Crippen LogP contribution in [0, 0.1) is 11.2 Å². The summed E-state index contributed by atoms with van der Waals surface area (Å²) >= 11 is 1.17. The van der Waals surface area contributed by atoms with Crippen molar-refractivity contribution in [3.8, 4) is 5.75 Å². The Morgan fingerprint density at radius 3 is 2.69 bits per heavy atom. The molecule has 7 nitrogen and oxygen atoms in total. The van der Waals surface area contributed by atoms with E-state index in [0.717, 1.165) is 0 Å². The van der Waals surface area contributed by atoms with Crippen molar-refractivity contribution < 1.29 is 18.3 Å². The second-order valence-corrected chi connectivity index (χ2v) is 7.81. The zero-order valence-electron chi connectivity index (χ0n) is 16.5. The maximum absolute atomic E-state index is 13.7. The molecule has 1 aromatic heterocycles. The van der Waals surface area contributed by atoms with Crippen LogP contribution in [0.3, 0.4) is 0 Å². The SMILES string of the molecule is N=C1C(=Cc2ccc(OCc3ccccc3F)cc2)C(=O)N=C2SC(c3ccco3)=NN12. The summed E-state index contributed by atoms with van der Waals surface area (Å²) in [6, 6.07) is 16.9. The number of rotatable bonds is 5. The number of nitrogens with one attached hydrogen (secondary N) is 1. The molecule has 3 aromatic rings. The first-order chi connectivity index (χ1) is 15.6. The molecule has 0 saturated carbocycles. The van der Waals surface area contributed by atoms with Crippen LogP contribution < -0.4 is 4.74 Å². The van der Waals surface area contributed by atoms with Gasteiger partial charge in [0.1, 0.15) is 18.2 Å². The molecule has 32 heavy (non-hydrogen) atoms. The van der Waals surface area contributed by atoms with Crippen molar-refractivity contribution in [2.45, 2.75) is 6.61 Å². The number of carbonyl (C=O) groups excluding carboxylic acids is 1. The lowest BCUT2D eigenvalue weighted by Crippen LogP contribution is -2.35. The van der Waals surface area contributed by atoms with Crippen molar-refractivity contribution in [1.82, 2.24) is 5.01 Å². The van der Waals surface area contributed by atoms with E-state index in [1.165, 1.54) is 29.1 Å². The Morgan fingerprint density at radius 2 is 1.94 bits per heavy atom. The van der Waals surface area contributed by atoms with Crippen LogP contribution >= 0.6 is 11.8 Å². The molecule has 0 atom stereocenters. The number of benzene rings is 2. The molecule has 1 N–H and O–H groups in total. The summed E-state index contributed by atoms with van der Waals surface area (Å²) in [4.78, 5) is 16.6. The molecule has 0 spiro atoms. The summed E-state index contributed by atoms with van der Waals surface area (Å²) in [5, 5.41) is 15.0. The van der Waals surface area contributed by atoms with E-state index in [0.29, 0.717) is 32.8 Å². The molecule has 0 radical (unpaired) electrons. The summed E-state index contributed by atoms with van der Waals surface area (Å²) in [6.45, 7) is 0.108. The van der Waals surface area contributed by atoms with Crippen LogP contribution in [0.25, 0.3) is 6.08 Å². The number of halogens is 1. The average Bonchev–Trinajstić information content (AvgIpc) is 3.47. The van der Waals surface area contributed by atoms with E-state index in [-0.39, 0.29) is 23.8 Å². The van der Waals surface area contributed by atoms with Crippen molar-refractivity contribution in [1.29, 1.82) is 5.41 Å². The molecule has 0 bridgehead atoms. The maximum Gasteiger partial charge on any atom is 0.283 e. The standard InChI is InChI=1S/C23H15FN4O3S/c24-18-5-2-1-4-15(18)13-31-16-9-7-14(8-10-16)12-17-20(25)28-23(26-21(17)29)32-22(27-28)19-6-3-11-30-19/h1-12,25H,13H2. The van der Waals surface area contributed by atoms with Crippen molar-refractivity contribution in [2.24, 2.45) is 10.1 Å². The largest absolute Gasteiger partial charge is 0.489 e. The number of aliphatic imine (C=N–C) groups is 1. The van der Waals surface area contributed by atoms with Crippen molar-refractivity contribution >= 4 is 39.8 Å². The lowest BCUT2D eigenvalue weighted by molar-refractivity contribution is -0.114. The highest BCUT2D eigenvalue weighted by atomic mass is 32.2. The first-order valence-corrected chi connectivity index (χ1v) is 10.4. The average molecular weight is 446 g/mol. The molecule has 0 saturated heterocycles. The molecule has 9 heteroatoms. The highest BCUT2D eigenvalue weighted by Crippen LogP contribution is 2.31. The molecule has 3 heterocycles. The lowest BCUT2D eigenvalue weighted by Gasteiger charge is -2.20. The third-order valence-corrected chi connectivity index (χ3v) is 5.65. The van der Waals surface area contributed by atoms with Crippen molar-refractivity contribution in [2.75, 3.05) is 0 Å². The predicted molar refractivity (Wildman–Crippen MR) is 120 cm³/mol. The zero-order valence-corrected chi connectivity index (χ0v) is 17.3. The minimum atomic E-state index is -0.510. The highest BCUT2D eigenvalue weighted by Gasteiger charge is 2.36. The third-order valence-electron chi connectivity index (χ3n) is 4.73. The van der Waals surface area contributed by atoms with Crippen LogP contribution in [-0.2, 0) is 11.4 Å². The van der Waals surface area contributed by atoms with E-state index in [1.807, 2.05) is 0 Å². The van der Waals surface area contributed by atoms with E-state index in [4.69, 9.17) is 14.6 Å². The van der Waals surface area contributed by atoms with Gasteiger partial charge in [0.25, 0.3) is 5.91 Å². The lowest BCUT2D eigenvalue weighted by atomic mass is 10.1. The minimum absolute atomic E-state index is 0.0612. The molecule has 0 unspecified atom stereocenters. The van der Waals surface area contributed by atoms with Gasteiger partial charge in [-0.25, -0.2) is 4.39 Å². The van der Waals surface area contributed by atoms with Crippen LogP contribution in [0.4, 0.5) is 4.39 Å². The molecular formula is C23H15FN4O3S. The Labute approximate surface area is 186 Å². The monoisotopic (exact) mass is 446 g/mol. The van der Waals surface area contributed by atoms with Gasteiger partial charge in [-0.15, -0.1) is 0 Å². The van der Waals surface area contributed by atoms with Gasteiger partial charge in [-0.05, 0) is 53.7 Å². The Kier molecular flexibility index (Phi) is 5.16. The number of hydrogen-bond donors (Lipinski definition) is 1. The number of thioether (sulfide) groups is 1. The van der Waals surface area contributed by atoms with E-state index >= 15 is 0 Å². The first kappa shape index (κ1) is 20.0. The summed E-state index contributed by atoms with van der Waals surface area (Å²) in [5.74, 6) is 0.216. The van der Waals surface area contributed by atoms with Gasteiger partial charge >= 0.3 is 0 Å². The van der Waals surface area contributed by atoms with Crippen LogP contribution in [0.5, 0.6) is 5.75 Å². The molecule has 1 amide bonds. The van der Waals surface area contributed by atoms with E-state index in [2.05, 4.69) is 10.1 Å². The summed E-state index contributed by atoms with van der Waals surface area (Å²) in [5.41, 5.74) is 1.28. The predicted octanol–water partition coefficient (Wildman–Crippen LogP) is 4.67. The van der Waals surface area contributed by atoms with Crippen LogP contribution in [0.2, 0.25) is 0 Å². The first-order valence-electron chi connectivity index (χ1n) is 9.59. The number of ether oxygens (including phenoxy) is 1. The molecule has 158 valence electrons. The maximum atomic E-state index is 13.7. The molecular weight excluding hydrogens is 431 g/mol. The van der Waals surface area contributed by atoms with Crippen LogP contribution in [-0.4, -0.2) is 27.0 Å². The Hall–Kier alpha value is -3.98. The number of fused-ring (bicyclic) bond motifs is 1. The quantitative estimate of drug-likeness (QED) is 0.576. The number of amidine groups is 2. The molecule has 0 fully saturated rings. The van der Waals surface area contributed by atoms with Gasteiger partial charge in [0.15, 0.2) is 16.6 Å². The zero-order chi connectivity index (χ0) is 22.1. The van der Waals surface area contributed by atoms with Crippen molar-refractivity contribution in [3.63, 3.8) is 0 Å². The van der Waals surface area contributed by atoms with Gasteiger partial charge in [0.05, 0.1) is 11.8 Å². The third kappa shape index (κ3) is 3.85. The van der Waals surface area contributed by atoms with Crippen LogP contribution in [0.1, 0.15) is 16.9 Å². The van der Waals surface area contributed by atoms with Gasteiger partial charge in [-0.2, -0.15) is 15.1 Å². The summed E-state index contributed by atoms with van der Waals surface area (Å²) in [6.07, 6.45) is 3.11. The number of nitrogens with zero attached hydrogens (tertiary/aromatic N) is 3. The summed E-state index contributed by atoms with van der Waals surface area (Å²) in [7, 11) is 0. The molecule has 0 aliphatic carbocycles. The fraction of sp³-hybridized carbons (Fsp3) is 0.0435. The number of amides is 1. The van der Waals surface area contributed by atoms with Gasteiger partial charge < -0.3 is 9.15 Å². The second kappa shape index (κ2) is 8.27. The molecule has 2 aromatic carbocycles. The molecule has 2 aliphatic heterocycles. The second-order valence-electron chi connectivity index (χ2n) is 6.85. The normalized spacial score (nSPS) is 16.8. The fourth-order valence-electron chi connectivity index (χ4n) is 3.10. The van der Waals surface area contributed by atoms with Crippen LogP contribution in [0.15, 0.2) is 87.0 Å².